The fourth-order valence-corrected chi connectivity index (χ4v) is 2.04. The molecule has 0 fully saturated rings. The molecule has 17 heavy (non-hydrogen) atoms. The van der Waals surface area contributed by atoms with E-state index in [1.54, 1.807) is 0 Å². The average Bonchev–Trinajstić information content (AvgIpc) is 2.58. The van der Waals surface area contributed by atoms with E-state index in [9.17, 15) is 4.79 Å². The van der Waals surface area contributed by atoms with Gasteiger partial charge < -0.3 is 15.0 Å². The zero-order valence-corrected chi connectivity index (χ0v) is 11.4. The summed E-state index contributed by atoms with van der Waals surface area (Å²) in [6.45, 7) is 6.39. The van der Waals surface area contributed by atoms with Crippen LogP contribution in [0, 0.1) is 0 Å². The number of nitrogens with zero attached hydrogens (tertiary/aromatic N) is 1. The zero-order valence-electron chi connectivity index (χ0n) is 11.4. The first kappa shape index (κ1) is 13.9. The monoisotopic (exact) mass is 240 g/mol. The number of carbonyl (C=O) groups is 1. The van der Waals surface area contributed by atoms with Crippen LogP contribution in [0.4, 0.5) is 0 Å². The Morgan fingerprint density at radius 3 is 2.71 bits per heavy atom. The van der Waals surface area contributed by atoms with E-state index in [0.29, 0.717) is 12.3 Å². The van der Waals surface area contributed by atoms with Gasteiger partial charge in [-0.05, 0) is 26.7 Å². The SMILES string of the molecule is CCCCCC1NC(C(=O)OCC)=C(C)N1C. The zero-order chi connectivity index (χ0) is 12.8. The van der Waals surface area contributed by atoms with Crippen molar-refractivity contribution in [1.82, 2.24) is 10.2 Å². The molecule has 0 saturated heterocycles. The molecular formula is C13H24N2O2. The number of ether oxygens (including phenoxy) is 1. The molecule has 1 heterocycles. The predicted molar refractivity (Wildman–Crippen MR) is 68.2 cm³/mol. The lowest BCUT2D eigenvalue weighted by molar-refractivity contribution is -0.138. The molecule has 1 aliphatic heterocycles. The van der Waals surface area contributed by atoms with Crippen molar-refractivity contribution in [2.24, 2.45) is 0 Å². The molecule has 0 aromatic heterocycles. The molecule has 0 aromatic rings. The highest BCUT2D eigenvalue weighted by Gasteiger charge is 2.29. The molecule has 1 unspecified atom stereocenters. The summed E-state index contributed by atoms with van der Waals surface area (Å²) in [5.74, 6) is -0.241. The second kappa shape index (κ2) is 6.52. The Hall–Kier alpha value is -1.19. The van der Waals surface area contributed by atoms with Gasteiger partial charge in [-0.15, -0.1) is 0 Å². The third-order valence-electron chi connectivity index (χ3n) is 3.23. The van der Waals surface area contributed by atoms with Crippen LogP contribution in [-0.2, 0) is 9.53 Å². The summed E-state index contributed by atoms with van der Waals surface area (Å²) in [6.07, 6.45) is 4.93. The number of hydrogen-bond acceptors (Lipinski definition) is 4. The van der Waals surface area contributed by atoms with E-state index < -0.39 is 0 Å². The van der Waals surface area contributed by atoms with Crippen LogP contribution < -0.4 is 5.32 Å². The number of hydrogen-bond donors (Lipinski definition) is 1. The van der Waals surface area contributed by atoms with E-state index in [2.05, 4.69) is 17.1 Å². The summed E-state index contributed by atoms with van der Waals surface area (Å²) in [4.78, 5) is 13.8. The lowest BCUT2D eigenvalue weighted by atomic mass is 10.1. The maximum Gasteiger partial charge on any atom is 0.356 e. The molecule has 4 nitrogen and oxygen atoms in total. The molecule has 0 aliphatic carbocycles. The van der Waals surface area contributed by atoms with E-state index in [-0.39, 0.29) is 12.1 Å². The van der Waals surface area contributed by atoms with E-state index in [1.165, 1.54) is 19.3 Å². The predicted octanol–water partition coefficient (Wildman–Crippen LogP) is 2.22. The van der Waals surface area contributed by atoms with Gasteiger partial charge in [0, 0.05) is 12.7 Å². The summed E-state index contributed by atoms with van der Waals surface area (Å²) in [5, 5.41) is 3.26. The van der Waals surface area contributed by atoms with Crippen LogP contribution in [0.3, 0.4) is 0 Å². The summed E-state index contributed by atoms with van der Waals surface area (Å²) in [7, 11) is 2.02. The fraction of sp³-hybridized carbons (Fsp3) is 0.769. The van der Waals surface area contributed by atoms with Gasteiger partial charge in [-0.25, -0.2) is 4.79 Å². The van der Waals surface area contributed by atoms with E-state index in [1.807, 2.05) is 20.9 Å². The Morgan fingerprint density at radius 2 is 2.12 bits per heavy atom. The second-order valence-electron chi connectivity index (χ2n) is 4.45. The van der Waals surface area contributed by atoms with Gasteiger partial charge >= 0.3 is 5.97 Å². The van der Waals surface area contributed by atoms with Crippen LogP contribution in [0.5, 0.6) is 0 Å². The minimum atomic E-state index is -0.241. The van der Waals surface area contributed by atoms with E-state index >= 15 is 0 Å². The van der Waals surface area contributed by atoms with Gasteiger partial charge in [0.25, 0.3) is 0 Å². The van der Waals surface area contributed by atoms with E-state index in [0.717, 1.165) is 12.1 Å². The molecule has 1 aliphatic rings. The Labute approximate surface area is 104 Å². The maximum absolute atomic E-state index is 11.7. The third-order valence-corrected chi connectivity index (χ3v) is 3.23. The Morgan fingerprint density at radius 1 is 1.41 bits per heavy atom. The minimum absolute atomic E-state index is 0.237. The van der Waals surface area contributed by atoms with E-state index in [4.69, 9.17) is 4.74 Å². The van der Waals surface area contributed by atoms with Gasteiger partial charge in [-0.2, -0.15) is 0 Å². The van der Waals surface area contributed by atoms with Gasteiger partial charge in [-0.3, -0.25) is 0 Å². The normalized spacial score (nSPS) is 19.5. The molecule has 1 N–H and O–H groups in total. The van der Waals surface area contributed by atoms with Gasteiger partial charge in [0.05, 0.1) is 12.8 Å². The van der Waals surface area contributed by atoms with Gasteiger partial charge in [-0.1, -0.05) is 19.8 Å². The molecule has 0 spiro atoms. The summed E-state index contributed by atoms with van der Waals surface area (Å²) >= 11 is 0. The minimum Gasteiger partial charge on any atom is -0.461 e. The van der Waals surface area contributed by atoms with Crippen LogP contribution in [0.2, 0.25) is 0 Å². The van der Waals surface area contributed by atoms with Crippen molar-refractivity contribution in [3.05, 3.63) is 11.4 Å². The highest BCUT2D eigenvalue weighted by molar-refractivity contribution is 5.89. The Bertz CT molecular complexity index is 300. The first-order chi connectivity index (χ1) is 8.11. The van der Waals surface area contributed by atoms with Crippen LogP contribution in [0.25, 0.3) is 0 Å². The topological polar surface area (TPSA) is 41.6 Å². The average molecular weight is 240 g/mol. The number of rotatable bonds is 6. The molecule has 1 rings (SSSR count). The number of allylic oxidation sites excluding steroid dienone is 1. The number of esters is 1. The lowest BCUT2D eigenvalue weighted by Gasteiger charge is -2.23. The molecule has 0 bridgehead atoms. The maximum atomic E-state index is 11.7. The molecule has 0 aromatic carbocycles. The van der Waals surface area contributed by atoms with Crippen molar-refractivity contribution in [3.8, 4) is 0 Å². The van der Waals surface area contributed by atoms with Crippen molar-refractivity contribution in [3.63, 3.8) is 0 Å². The smallest absolute Gasteiger partial charge is 0.356 e. The molecule has 98 valence electrons. The summed E-state index contributed by atoms with van der Waals surface area (Å²) in [6, 6.07) is 0. The third kappa shape index (κ3) is 3.38. The molecule has 0 amide bonds. The second-order valence-corrected chi connectivity index (χ2v) is 4.45. The van der Waals surface area contributed by atoms with Gasteiger partial charge in [0.15, 0.2) is 0 Å². The molecule has 0 radical (unpaired) electrons. The van der Waals surface area contributed by atoms with Gasteiger partial charge in [0.2, 0.25) is 0 Å². The highest BCUT2D eigenvalue weighted by Crippen LogP contribution is 2.22. The van der Waals surface area contributed by atoms with Gasteiger partial charge in [0.1, 0.15) is 5.70 Å². The summed E-state index contributed by atoms with van der Waals surface area (Å²) in [5.41, 5.74) is 1.60. The largest absolute Gasteiger partial charge is 0.461 e. The molecular weight excluding hydrogens is 216 g/mol. The Balaban J connectivity index is 2.54. The quantitative estimate of drug-likeness (QED) is 0.571. The standard InChI is InChI=1S/C13H24N2O2/c1-5-7-8-9-11-14-12(10(3)15(11)4)13(16)17-6-2/h11,14H,5-9H2,1-4H3. The molecule has 1 atom stereocenters. The number of nitrogens with one attached hydrogen (secondary N) is 1. The first-order valence-corrected chi connectivity index (χ1v) is 6.49. The summed E-state index contributed by atoms with van der Waals surface area (Å²) < 4.78 is 5.03. The number of carbonyl (C=O) groups excluding carboxylic acids is 1. The van der Waals surface area contributed by atoms with Crippen LogP contribution >= 0.6 is 0 Å². The first-order valence-electron chi connectivity index (χ1n) is 6.49. The van der Waals surface area contributed by atoms with Crippen LogP contribution in [0.15, 0.2) is 11.4 Å². The molecule has 4 heteroatoms. The van der Waals surface area contributed by atoms with Crippen molar-refractivity contribution in [2.45, 2.75) is 52.6 Å². The Kier molecular flexibility index (Phi) is 5.32. The highest BCUT2D eigenvalue weighted by atomic mass is 16.5. The fourth-order valence-electron chi connectivity index (χ4n) is 2.04. The van der Waals surface area contributed by atoms with Crippen molar-refractivity contribution in [2.75, 3.05) is 13.7 Å². The van der Waals surface area contributed by atoms with Crippen molar-refractivity contribution < 1.29 is 9.53 Å². The molecule has 0 saturated carbocycles. The van der Waals surface area contributed by atoms with Crippen LogP contribution in [0.1, 0.15) is 46.5 Å². The number of unbranched alkanes of at least 4 members (excludes halogenated alkanes) is 2. The van der Waals surface area contributed by atoms with Crippen molar-refractivity contribution >= 4 is 5.97 Å². The van der Waals surface area contributed by atoms with Crippen molar-refractivity contribution in [1.29, 1.82) is 0 Å². The lowest BCUT2D eigenvalue weighted by Crippen LogP contribution is -2.35. The van der Waals surface area contributed by atoms with Crippen LogP contribution in [-0.4, -0.2) is 30.7 Å².